The lowest BCUT2D eigenvalue weighted by Gasteiger charge is -2.07. The van der Waals surface area contributed by atoms with Gasteiger partial charge in [-0.3, -0.25) is 0 Å². The molecule has 0 nitrogen and oxygen atoms in total. The predicted octanol–water partition coefficient (Wildman–Crippen LogP) is 3.57. The van der Waals surface area contributed by atoms with Crippen LogP contribution in [0, 0.1) is 5.82 Å². The number of halogens is 2. The molecular formula is C18H13BF2. The second-order valence-corrected chi connectivity index (χ2v) is 4.90. The van der Waals surface area contributed by atoms with E-state index >= 15 is 0 Å². The number of benzene rings is 3. The van der Waals surface area contributed by atoms with E-state index in [4.69, 9.17) is 0 Å². The quantitative estimate of drug-likeness (QED) is 0.642. The fraction of sp³-hybridized carbons (Fsp3) is 0. The molecule has 0 bridgehead atoms. The van der Waals surface area contributed by atoms with Crippen molar-refractivity contribution in [2.24, 2.45) is 0 Å². The highest BCUT2D eigenvalue weighted by atomic mass is 19.1. The first-order valence-corrected chi connectivity index (χ1v) is 6.79. The Balaban J connectivity index is 1.85. The molecule has 102 valence electrons. The summed E-state index contributed by atoms with van der Waals surface area (Å²) in [5, 5.41) is 0. The molecule has 0 aliphatic rings. The third-order valence-electron chi connectivity index (χ3n) is 3.47. The van der Waals surface area contributed by atoms with Crippen LogP contribution in [0.2, 0.25) is 0 Å². The van der Waals surface area contributed by atoms with Crippen LogP contribution in [0.4, 0.5) is 8.71 Å². The van der Waals surface area contributed by atoms with Gasteiger partial charge in [0.25, 0.3) is 0 Å². The van der Waals surface area contributed by atoms with Crippen LogP contribution in [0.15, 0.2) is 78.9 Å². The van der Waals surface area contributed by atoms with Crippen LogP contribution in [0.25, 0.3) is 11.1 Å². The van der Waals surface area contributed by atoms with E-state index in [9.17, 15) is 8.71 Å². The Hall–Kier alpha value is -2.42. The predicted molar refractivity (Wildman–Crippen MR) is 84.4 cm³/mol. The van der Waals surface area contributed by atoms with Crippen LogP contribution < -0.4 is 10.9 Å². The van der Waals surface area contributed by atoms with Crippen LogP contribution in [-0.2, 0) is 0 Å². The van der Waals surface area contributed by atoms with Crippen LogP contribution in [0.5, 0.6) is 0 Å². The molecule has 21 heavy (non-hydrogen) atoms. The van der Waals surface area contributed by atoms with Gasteiger partial charge in [0.1, 0.15) is 5.82 Å². The maximum atomic E-state index is 14.4. The molecule has 0 radical (unpaired) electrons. The highest BCUT2D eigenvalue weighted by Gasteiger charge is 2.19. The van der Waals surface area contributed by atoms with Crippen molar-refractivity contribution in [1.82, 2.24) is 0 Å². The molecule has 0 aliphatic carbocycles. The second kappa shape index (κ2) is 5.92. The molecule has 0 atom stereocenters. The Bertz CT molecular complexity index is 706. The first kappa shape index (κ1) is 13.6. The first-order chi connectivity index (χ1) is 10.2. The minimum Gasteiger partial charge on any atom is -0.322 e. The molecule has 0 unspecified atom stereocenters. The molecule has 0 fully saturated rings. The van der Waals surface area contributed by atoms with E-state index in [1.807, 2.05) is 42.5 Å². The first-order valence-electron chi connectivity index (χ1n) is 6.79. The molecule has 0 heterocycles. The monoisotopic (exact) mass is 278 g/mol. The van der Waals surface area contributed by atoms with Gasteiger partial charge in [0.05, 0.1) is 0 Å². The lowest BCUT2D eigenvalue weighted by molar-refractivity contribution is 0.628. The van der Waals surface area contributed by atoms with E-state index in [1.165, 1.54) is 24.3 Å². The molecule has 0 aromatic heterocycles. The Morgan fingerprint density at radius 1 is 0.571 bits per heavy atom. The molecule has 3 aromatic rings. The summed E-state index contributed by atoms with van der Waals surface area (Å²) < 4.78 is 27.3. The minimum absolute atomic E-state index is 0.356. The molecule has 3 rings (SSSR count). The van der Waals surface area contributed by atoms with E-state index in [1.54, 1.807) is 12.1 Å². The largest absolute Gasteiger partial charge is 0.413 e. The summed E-state index contributed by atoms with van der Waals surface area (Å²) in [6, 6.07) is 22.8. The number of rotatable bonds is 3. The molecule has 0 saturated heterocycles. The third kappa shape index (κ3) is 3.02. The Labute approximate surface area is 123 Å². The van der Waals surface area contributed by atoms with E-state index in [2.05, 4.69) is 0 Å². The van der Waals surface area contributed by atoms with Gasteiger partial charge in [0.2, 0.25) is 0 Å². The van der Waals surface area contributed by atoms with Gasteiger partial charge in [0, 0.05) is 0 Å². The van der Waals surface area contributed by atoms with Crippen molar-refractivity contribution in [2.75, 3.05) is 0 Å². The molecule has 0 N–H and O–H groups in total. The zero-order valence-corrected chi connectivity index (χ0v) is 11.3. The van der Waals surface area contributed by atoms with E-state index in [-0.39, 0.29) is 5.82 Å². The lowest BCUT2D eigenvalue weighted by atomic mass is 9.58. The number of hydrogen-bond acceptors (Lipinski definition) is 0. The van der Waals surface area contributed by atoms with Crippen molar-refractivity contribution < 1.29 is 8.71 Å². The summed E-state index contributed by atoms with van der Waals surface area (Å²) in [5.74, 6) is -0.356. The standard InChI is InChI=1S/C18H13BF2/c20-18-12-10-17(11-13-18)19(21)16-8-6-15(7-9-16)14-4-2-1-3-5-14/h1-13H. The topological polar surface area (TPSA) is 0 Å². The molecule has 0 amide bonds. The molecule has 0 spiro atoms. The molecule has 0 saturated carbocycles. The maximum Gasteiger partial charge on any atom is 0.413 e. The normalized spacial score (nSPS) is 10.4. The molecular weight excluding hydrogens is 265 g/mol. The van der Waals surface area contributed by atoms with Crippen molar-refractivity contribution >= 4 is 17.9 Å². The van der Waals surface area contributed by atoms with E-state index < -0.39 is 6.99 Å². The number of hydrogen-bond donors (Lipinski definition) is 0. The van der Waals surface area contributed by atoms with Gasteiger partial charge in [0.15, 0.2) is 0 Å². The lowest BCUT2D eigenvalue weighted by Crippen LogP contribution is -2.38. The summed E-state index contributed by atoms with van der Waals surface area (Å²) in [7, 11) is 0. The SMILES string of the molecule is FB(c1ccc(F)cc1)c1ccc(-c2ccccc2)cc1. The van der Waals surface area contributed by atoms with Crippen LogP contribution >= 0.6 is 0 Å². The van der Waals surface area contributed by atoms with Gasteiger partial charge in [-0.1, -0.05) is 66.7 Å². The zero-order chi connectivity index (χ0) is 14.7. The average molecular weight is 278 g/mol. The Kier molecular flexibility index (Phi) is 3.82. The Morgan fingerprint density at radius 2 is 1.05 bits per heavy atom. The summed E-state index contributed by atoms with van der Waals surface area (Å²) in [6.45, 7) is -1.24. The highest BCUT2D eigenvalue weighted by Crippen LogP contribution is 2.17. The van der Waals surface area contributed by atoms with Crippen LogP contribution in [-0.4, -0.2) is 6.99 Å². The summed E-state index contributed by atoms with van der Waals surface area (Å²) >= 11 is 0. The van der Waals surface area contributed by atoms with Crippen molar-refractivity contribution in [3.63, 3.8) is 0 Å². The van der Waals surface area contributed by atoms with Crippen LogP contribution in [0.3, 0.4) is 0 Å². The highest BCUT2D eigenvalue weighted by molar-refractivity contribution is 6.79. The molecule has 3 aromatic carbocycles. The van der Waals surface area contributed by atoms with Gasteiger partial charge < -0.3 is 4.32 Å². The molecule has 0 aliphatic heterocycles. The van der Waals surface area contributed by atoms with E-state index in [0.29, 0.717) is 10.9 Å². The average Bonchev–Trinajstić information content (AvgIpc) is 2.56. The van der Waals surface area contributed by atoms with Crippen LogP contribution in [0.1, 0.15) is 0 Å². The fourth-order valence-corrected chi connectivity index (χ4v) is 2.30. The van der Waals surface area contributed by atoms with Crippen molar-refractivity contribution in [2.45, 2.75) is 0 Å². The summed E-state index contributed by atoms with van der Waals surface area (Å²) in [4.78, 5) is 0. The van der Waals surface area contributed by atoms with Gasteiger partial charge in [-0.25, -0.2) is 4.39 Å². The van der Waals surface area contributed by atoms with Gasteiger partial charge in [-0.2, -0.15) is 0 Å². The Morgan fingerprint density at radius 3 is 1.62 bits per heavy atom. The molecule has 3 heteroatoms. The van der Waals surface area contributed by atoms with Crippen molar-refractivity contribution in [3.8, 4) is 11.1 Å². The fourth-order valence-electron chi connectivity index (χ4n) is 2.30. The van der Waals surface area contributed by atoms with E-state index in [0.717, 1.165) is 11.1 Å². The summed E-state index contributed by atoms with van der Waals surface area (Å²) in [5.41, 5.74) is 3.18. The third-order valence-corrected chi connectivity index (χ3v) is 3.47. The maximum absolute atomic E-state index is 14.4. The van der Waals surface area contributed by atoms with Gasteiger partial charge in [-0.15, -0.1) is 0 Å². The van der Waals surface area contributed by atoms with Crippen molar-refractivity contribution in [1.29, 1.82) is 0 Å². The van der Waals surface area contributed by atoms with Crippen molar-refractivity contribution in [3.05, 3.63) is 84.7 Å². The van der Waals surface area contributed by atoms with Gasteiger partial charge >= 0.3 is 6.99 Å². The zero-order valence-electron chi connectivity index (χ0n) is 11.3. The minimum atomic E-state index is -1.24. The van der Waals surface area contributed by atoms with Gasteiger partial charge in [-0.05, 0) is 34.2 Å². The summed E-state index contributed by atoms with van der Waals surface area (Å²) in [6.07, 6.45) is 0. The smallest absolute Gasteiger partial charge is 0.322 e. The second-order valence-electron chi connectivity index (χ2n) is 4.90.